The van der Waals surface area contributed by atoms with E-state index in [0.717, 1.165) is 17.1 Å². The lowest BCUT2D eigenvalue weighted by molar-refractivity contribution is 0.109. The molecule has 5 rings (SSSR count). The Bertz CT molecular complexity index is 1100. The van der Waals surface area contributed by atoms with Gasteiger partial charge in [-0.3, -0.25) is 9.69 Å². The number of fused-ring (bicyclic) bond motifs is 2. The molecule has 3 aromatic carbocycles. The number of carbonyl (C=O) groups is 2. The minimum absolute atomic E-state index is 0.0566. The fourth-order valence-electron chi connectivity index (χ4n) is 4.02. The highest BCUT2D eigenvalue weighted by molar-refractivity contribution is 7.97. The lowest BCUT2D eigenvalue weighted by Crippen LogP contribution is -2.52. The molecule has 1 saturated heterocycles. The van der Waals surface area contributed by atoms with Crippen LogP contribution in [0.25, 0.3) is 0 Å². The molecule has 7 heteroatoms. The van der Waals surface area contributed by atoms with E-state index in [9.17, 15) is 9.59 Å². The summed E-state index contributed by atoms with van der Waals surface area (Å²) in [6.07, 6.45) is 0. The van der Waals surface area contributed by atoms with Crippen molar-refractivity contribution in [2.75, 3.05) is 36.0 Å². The van der Waals surface area contributed by atoms with Crippen molar-refractivity contribution >= 4 is 40.8 Å². The monoisotopic (exact) mass is 431 g/mol. The van der Waals surface area contributed by atoms with Crippen molar-refractivity contribution in [2.24, 2.45) is 0 Å². The van der Waals surface area contributed by atoms with Crippen LogP contribution in [0.3, 0.4) is 0 Å². The molecule has 0 aliphatic carbocycles. The average Bonchev–Trinajstić information content (AvgIpc) is 2.82. The van der Waals surface area contributed by atoms with Gasteiger partial charge in [-0.2, -0.15) is 0 Å². The van der Waals surface area contributed by atoms with E-state index in [4.69, 9.17) is 4.74 Å². The van der Waals surface area contributed by atoms with Crippen LogP contribution >= 0.6 is 12.6 Å². The van der Waals surface area contributed by atoms with Gasteiger partial charge in [0.2, 0.25) is 5.12 Å². The highest BCUT2D eigenvalue weighted by atomic mass is 32.1. The number of nitrogens with zero attached hydrogens (tertiary/aromatic N) is 3. The van der Waals surface area contributed by atoms with E-state index in [0.29, 0.717) is 43.2 Å². The predicted octanol–water partition coefficient (Wildman–Crippen LogP) is 4.94. The maximum Gasteiger partial charge on any atom is 0.329 e. The number of ether oxygens (including phenoxy) is 1. The largest absolute Gasteiger partial charge is 0.453 e. The zero-order valence-corrected chi connectivity index (χ0v) is 17.7. The summed E-state index contributed by atoms with van der Waals surface area (Å²) in [6.45, 7) is 2.64. The van der Waals surface area contributed by atoms with Crippen LogP contribution < -0.4 is 14.5 Å². The third kappa shape index (κ3) is 3.61. The second-order valence-electron chi connectivity index (χ2n) is 7.48. The Balaban J connectivity index is 1.35. The molecule has 0 atom stereocenters. The molecule has 2 aliphatic rings. The number of hydrogen-bond acceptors (Lipinski definition) is 4. The van der Waals surface area contributed by atoms with E-state index in [1.807, 2.05) is 65.6 Å². The van der Waals surface area contributed by atoms with Gasteiger partial charge in [-0.15, -0.1) is 12.6 Å². The Morgan fingerprint density at radius 2 is 1.29 bits per heavy atom. The van der Waals surface area contributed by atoms with Crippen LogP contribution in [-0.4, -0.2) is 42.2 Å². The first kappa shape index (κ1) is 19.5. The molecule has 0 spiro atoms. The number of anilines is 3. The summed E-state index contributed by atoms with van der Waals surface area (Å²) in [5.41, 5.74) is 3.11. The molecule has 0 unspecified atom stereocenters. The molecule has 31 heavy (non-hydrogen) atoms. The lowest BCUT2D eigenvalue weighted by Gasteiger charge is -2.40. The first-order chi connectivity index (χ1) is 15.1. The highest BCUT2D eigenvalue weighted by Crippen LogP contribution is 2.46. The minimum Gasteiger partial charge on any atom is -0.453 e. The van der Waals surface area contributed by atoms with Gasteiger partial charge in [0.05, 0.1) is 11.4 Å². The number of carbonyl (C=O) groups excluding carboxylic acids is 2. The van der Waals surface area contributed by atoms with Crippen molar-refractivity contribution in [2.45, 2.75) is 0 Å². The van der Waals surface area contributed by atoms with Gasteiger partial charge in [-0.05, 0) is 48.5 Å². The van der Waals surface area contributed by atoms with Crippen LogP contribution in [-0.2, 0) is 0 Å². The molecule has 1 fully saturated rings. The number of thiol groups is 1. The van der Waals surface area contributed by atoms with E-state index >= 15 is 0 Å². The Morgan fingerprint density at radius 3 is 1.84 bits per heavy atom. The Morgan fingerprint density at radius 1 is 0.742 bits per heavy atom. The summed E-state index contributed by atoms with van der Waals surface area (Å²) in [7, 11) is 0. The van der Waals surface area contributed by atoms with Gasteiger partial charge in [-0.1, -0.05) is 24.3 Å². The summed E-state index contributed by atoms with van der Waals surface area (Å²) >= 11 is 3.86. The number of benzene rings is 3. The molecule has 2 aliphatic heterocycles. The Hall–Kier alpha value is -3.45. The lowest BCUT2D eigenvalue weighted by atomic mass is 10.1. The van der Waals surface area contributed by atoms with Crippen molar-refractivity contribution in [3.05, 3.63) is 78.4 Å². The molecule has 3 aromatic rings. The molecule has 6 nitrogen and oxygen atoms in total. The molecule has 2 heterocycles. The fourth-order valence-corrected chi connectivity index (χ4v) is 4.17. The molecule has 0 saturated carbocycles. The Kier molecular flexibility index (Phi) is 5.03. The number of amides is 2. The van der Waals surface area contributed by atoms with Gasteiger partial charge >= 0.3 is 6.03 Å². The molecule has 156 valence electrons. The predicted molar refractivity (Wildman–Crippen MR) is 124 cm³/mol. The third-order valence-electron chi connectivity index (χ3n) is 5.65. The number of rotatable bonds is 2. The van der Waals surface area contributed by atoms with Crippen LogP contribution in [0.4, 0.5) is 21.9 Å². The van der Waals surface area contributed by atoms with Crippen molar-refractivity contribution in [1.82, 2.24) is 4.90 Å². The van der Waals surface area contributed by atoms with Crippen LogP contribution in [0.1, 0.15) is 10.4 Å². The number of piperazine rings is 1. The van der Waals surface area contributed by atoms with Crippen molar-refractivity contribution in [3.63, 3.8) is 0 Å². The standard InChI is InChI=1S/C24H21N3O3S/c28-23(31)17-9-11-18(12-10-17)25-13-15-26(16-14-25)24(29)27-19-5-1-3-7-21(19)30-22-8-4-2-6-20(22)27/h1-12H,13-16H2,(H,28,31). The second kappa shape index (κ2) is 8.00. The molecular weight excluding hydrogens is 410 g/mol. The Labute approximate surface area is 186 Å². The normalized spacial score (nSPS) is 15.1. The summed E-state index contributed by atoms with van der Waals surface area (Å²) in [4.78, 5) is 30.8. The van der Waals surface area contributed by atoms with Gasteiger partial charge in [-0.25, -0.2) is 4.79 Å². The van der Waals surface area contributed by atoms with Crippen molar-refractivity contribution in [1.29, 1.82) is 0 Å². The maximum absolute atomic E-state index is 13.6. The molecule has 0 bridgehead atoms. The molecular formula is C24H21N3O3S. The molecule has 0 N–H and O–H groups in total. The second-order valence-corrected chi connectivity index (χ2v) is 7.89. The smallest absolute Gasteiger partial charge is 0.329 e. The summed E-state index contributed by atoms with van der Waals surface area (Å²) in [6, 6.07) is 22.6. The maximum atomic E-state index is 13.6. The van der Waals surface area contributed by atoms with Crippen molar-refractivity contribution in [3.8, 4) is 11.5 Å². The zero-order chi connectivity index (χ0) is 21.4. The van der Waals surface area contributed by atoms with Gasteiger partial charge in [0.25, 0.3) is 0 Å². The van der Waals surface area contributed by atoms with Crippen molar-refractivity contribution < 1.29 is 14.3 Å². The first-order valence-corrected chi connectivity index (χ1v) is 10.6. The number of hydrogen-bond donors (Lipinski definition) is 1. The topological polar surface area (TPSA) is 53.1 Å². The quantitative estimate of drug-likeness (QED) is 0.584. The SMILES string of the molecule is O=C(S)c1ccc(N2CCN(C(=O)N3c4ccccc4Oc4ccccc43)CC2)cc1. The van der Waals surface area contributed by atoms with Gasteiger partial charge in [0, 0.05) is 37.4 Å². The zero-order valence-electron chi connectivity index (χ0n) is 16.8. The third-order valence-corrected chi connectivity index (χ3v) is 5.91. The summed E-state index contributed by atoms with van der Waals surface area (Å²) < 4.78 is 6.00. The minimum atomic E-state index is -0.243. The van der Waals surface area contributed by atoms with E-state index in [1.165, 1.54) is 0 Å². The molecule has 2 amide bonds. The fraction of sp³-hybridized carbons (Fsp3) is 0.167. The first-order valence-electron chi connectivity index (χ1n) is 10.1. The van der Waals surface area contributed by atoms with E-state index in [2.05, 4.69) is 17.5 Å². The van der Waals surface area contributed by atoms with E-state index in [1.54, 1.807) is 17.0 Å². The van der Waals surface area contributed by atoms with Gasteiger partial charge < -0.3 is 14.5 Å². The summed E-state index contributed by atoms with van der Waals surface area (Å²) in [5.74, 6) is 1.35. The van der Waals surface area contributed by atoms with Gasteiger partial charge in [0.1, 0.15) is 0 Å². The van der Waals surface area contributed by atoms with Crippen LogP contribution in [0.2, 0.25) is 0 Å². The van der Waals surface area contributed by atoms with Crippen LogP contribution in [0.5, 0.6) is 11.5 Å². The van der Waals surface area contributed by atoms with Crippen LogP contribution in [0.15, 0.2) is 72.8 Å². The average molecular weight is 432 g/mol. The number of urea groups is 1. The summed E-state index contributed by atoms with van der Waals surface area (Å²) in [5, 5.41) is -0.243. The van der Waals surface area contributed by atoms with Gasteiger partial charge in [0.15, 0.2) is 11.5 Å². The number of para-hydroxylation sites is 4. The van der Waals surface area contributed by atoms with E-state index < -0.39 is 0 Å². The molecule has 0 radical (unpaired) electrons. The highest BCUT2D eigenvalue weighted by Gasteiger charge is 2.33. The molecule has 0 aromatic heterocycles. The van der Waals surface area contributed by atoms with E-state index in [-0.39, 0.29) is 11.1 Å². The van der Waals surface area contributed by atoms with Crippen LogP contribution in [0, 0.1) is 0 Å².